The third kappa shape index (κ3) is 3.71. The van der Waals surface area contributed by atoms with Crippen LogP contribution in [0.1, 0.15) is 71.6 Å². The molecule has 2 aliphatic rings. The van der Waals surface area contributed by atoms with E-state index in [1.807, 2.05) is 0 Å². The number of carbonyl (C=O) groups is 1. The molecule has 0 spiro atoms. The van der Waals surface area contributed by atoms with Gasteiger partial charge in [0, 0.05) is 6.04 Å². The van der Waals surface area contributed by atoms with Crippen LogP contribution in [0.5, 0.6) is 0 Å². The molecule has 3 nitrogen and oxygen atoms in total. The quantitative estimate of drug-likeness (QED) is 0.768. The van der Waals surface area contributed by atoms with Gasteiger partial charge in [-0.2, -0.15) is 0 Å². The third-order valence-electron chi connectivity index (χ3n) is 4.95. The Balaban J connectivity index is 1.91. The van der Waals surface area contributed by atoms with Gasteiger partial charge in [-0.25, -0.2) is 0 Å². The Labute approximate surface area is 117 Å². The maximum atomic E-state index is 12.6. The van der Waals surface area contributed by atoms with Gasteiger partial charge in [-0.3, -0.25) is 4.79 Å². The standard InChI is InChI=1S/C16H30N2O/c1-3-10-16(11-5-12-17-16)15(19)18-14-7-4-6-13(2)8-9-14/h13-14,17H,3-12H2,1-2H3,(H,18,19). The van der Waals surface area contributed by atoms with Crippen LogP contribution in [0.4, 0.5) is 0 Å². The minimum atomic E-state index is -0.257. The van der Waals surface area contributed by atoms with Gasteiger partial charge in [0.15, 0.2) is 0 Å². The lowest BCUT2D eigenvalue weighted by atomic mass is 9.90. The Morgan fingerprint density at radius 2 is 2.11 bits per heavy atom. The largest absolute Gasteiger partial charge is 0.352 e. The Bertz CT molecular complexity index is 297. The van der Waals surface area contributed by atoms with Gasteiger partial charge < -0.3 is 10.6 Å². The highest BCUT2D eigenvalue weighted by Gasteiger charge is 2.40. The van der Waals surface area contributed by atoms with Crippen LogP contribution in [0.25, 0.3) is 0 Å². The first-order chi connectivity index (χ1) is 9.16. The van der Waals surface area contributed by atoms with E-state index in [2.05, 4.69) is 24.5 Å². The van der Waals surface area contributed by atoms with E-state index >= 15 is 0 Å². The summed E-state index contributed by atoms with van der Waals surface area (Å²) in [5, 5.41) is 6.82. The van der Waals surface area contributed by atoms with Gasteiger partial charge in [-0.1, -0.05) is 33.1 Å². The van der Waals surface area contributed by atoms with Crippen molar-refractivity contribution in [2.45, 2.75) is 83.2 Å². The van der Waals surface area contributed by atoms with Crippen molar-refractivity contribution < 1.29 is 4.79 Å². The highest BCUT2D eigenvalue weighted by molar-refractivity contribution is 5.86. The van der Waals surface area contributed by atoms with Gasteiger partial charge in [0.05, 0.1) is 5.54 Å². The summed E-state index contributed by atoms with van der Waals surface area (Å²) in [6, 6.07) is 0.411. The molecule has 0 aromatic carbocycles. The second-order valence-corrected chi connectivity index (χ2v) is 6.65. The van der Waals surface area contributed by atoms with E-state index in [-0.39, 0.29) is 11.4 Å². The summed E-state index contributed by atoms with van der Waals surface area (Å²) in [6.07, 6.45) is 10.4. The zero-order valence-corrected chi connectivity index (χ0v) is 12.6. The van der Waals surface area contributed by atoms with E-state index in [9.17, 15) is 4.79 Å². The van der Waals surface area contributed by atoms with Crippen LogP contribution in [0.15, 0.2) is 0 Å². The lowest BCUT2D eigenvalue weighted by Gasteiger charge is -2.30. The molecule has 0 bridgehead atoms. The summed E-state index contributed by atoms with van der Waals surface area (Å²) in [5.74, 6) is 1.10. The van der Waals surface area contributed by atoms with E-state index in [0.717, 1.165) is 51.0 Å². The van der Waals surface area contributed by atoms with E-state index in [1.165, 1.54) is 19.3 Å². The molecule has 110 valence electrons. The molecular weight excluding hydrogens is 236 g/mol. The van der Waals surface area contributed by atoms with Gasteiger partial charge in [-0.05, 0) is 51.0 Å². The van der Waals surface area contributed by atoms with Crippen molar-refractivity contribution in [2.24, 2.45) is 5.92 Å². The number of rotatable bonds is 4. The Morgan fingerprint density at radius 1 is 1.26 bits per heavy atom. The average molecular weight is 266 g/mol. The molecule has 3 unspecified atom stereocenters. The fourth-order valence-electron chi connectivity index (χ4n) is 3.71. The van der Waals surface area contributed by atoms with Gasteiger partial charge in [-0.15, -0.1) is 0 Å². The van der Waals surface area contributed by atoms with Crippen LogP contribution in [0, 0.1) is 5.92 Å². The molecule has 1 saturated carbocycles. The molecule has 2 fully saturated rings. The molecule has 0 aromatic rings. The minimum absolute atomic E-state index is 0.257. The lowest BCUT2D eigenvalue weighted by molar-refractivity contribution is -0.128. The molecule has 2 N–H and O–H groups in total. The van der Waals surface area contributed by atoms with Gasteiger partial charge in [0.1, 0.15) is 0 Å². The number of hydrogen-bond donors (Lipinski definition) is 2. The molecule has 2 rings (SSSR count). The van der Waals surface area contributed by atoms with Gasteiger partial charge >= 0.3 is 0 Å². The molecule has 3 atom stereocenters. The topological polar surface area (TPSA) is 41.1 Å². The number of amides is 1. The molecule has 1 saturated heterocycles. The van der Waals surface area contributed by atoms with Crippen LogP contribution in [-0.2, 0) is 4.79 Å². The molecule has 19 heavy (non-hydrogen) atoms. The van der Waals surface area contributed by atoms with Crippen molar-refractivity contribution >= 4 is 5.91 Å². The van der Waals surface area contributed by atoms with Crippen molar-refractivity contribution in [2.75, 3.05) is 6.54 Å². The normalized spacial score (nSPS) is 35.9. The van der Waals surface area contributed by atoms with Crippen LogP contribution in [0.2, 0.25) is 0 Å². The molecule has 1 aliphatic heterocycles. The van der Waals surface area contributed by atoms with Crippen molar-refractivity contribution in [1.82, 2.24) is 10.6 Å². The molecular formula is C16H30N2O. The first kappa shape index (κ1) is 14.8. The SMILES string of the molecule is CCCC1(C(=O)NC2CCCC(C)CC2)CCCN1. The first-order valence-corrected chi connectivity index (χ1v) is 8.22. The summed E-state index contributed by atoms with van der Waals surface area (Å²) in [4.78, 5) is 12.6. The fraction of sp³-hybridized carbons (Fsp3) is 0.938. The summed E-state index contributed by atoms with van der Waals surface area (Å²) in [6.45, 7) is 5.50. The minimum Gasteiger partial charge on any atom is -0.352 e. The summed E-state index contributed by atoms with van der Waals surface area (Å²) in [5.41, 5.74) is -0.257. The first-order valence-electron chi connectivity index (χ1n) is 8.22. The van der Waals surface area contributed by atoms with Crippen molar-refractivity contribution in [3.63, 3.8) is 0 Å². The number of hydrogen-bond acceptors (Lipinski definition) is 2. The number of nitrogens with one attached hydrogen (secondary N) is 2. The van der Waals surface area contributed by atoms with Gasteiger partial charge in [0.25, 0.3) is 0 Å². The molecule has 3 heteroatoms. The average Bonchev–Trinajstić information content (AvgIpc) is 2.77. The van der Waals surface area contributed by atoms with E-state index < -0.39 is 0 Å². The van der Waals surface area contributed by atoms with Crippen LogP contribution in [-0.4, -0.2) is 24.0 Å². The van der Waals surface area contributed by atoms with Crippen LogP contribution < -0.4 is 10.6 Å². The second kappa shape index (κ2) is 6.74. The zero-order valence-electron chi connectivity index (χ0n) is 12.6. The van der Waals surface area contributed by atoms with Crippen molar-refractivity contribution in [1.29, 1.82) is 0 Å². The van der Waals surface area contributed by atoms with Crippen molar-refractivity contribution in [3.05, 3.63) is 0 Å². The molecule has 0 radical (unpaired) electrons. The predicted octanol–water partition coefficient (Wildman–Crippen LogP) is 2.99. The lowest BCUT2D eigenvalue weighted by Crippen LogP contribution is -2.55. The monoisotopic (exact) mass is 266 g/mol. The van der Waals surface area contributed by atoms with Crippen LogP contribution in [0.3, 0.4) is 0 Å². The maximum Gasteiger partial charge on any atom is 0.240 e. The van der Waals surface area contributed by atoms with Crippen molar-refractivity contribution in [3.8, 4) is 0 Å². The van der Waals surface area contributed by atoms with E-state index in [0.29, 0.717) is 6.04 Å². The molecule has 1 aliphatic carbocycles. The Morgan fingerprint density at radius 3 is 2.79 bits per heavy atom. The second-order valence-electron chi connectivity index (χ2n) is 6.65. The highest BCUT2D eigenvalue weighted by atomic mass is 16.2. The van der Waals surface area contributed by atoms with Crippen LogP contribution >= 0.6 is 0 Å². The number of carbonyl (C=O) groups excluding carboxylic acids is 1. The maximum absolute atomic E-state index is 12.6. The molecule has 0 aromatic heterocycles. The van der Waals surface area contributed by atoms with Gasteiger partial charge in [0.2, 0.25) is 5.91 Å². The summed E-state index contributed by atoms with van der Waals surface area (Å²) in [7, 11) is 0. The Hall–Kier alpha value is -0.570. The molecule has 1 heterocycles. The van der Waals surface area contributed by atoms with E-state index in [1.54, 1.807) is 0 Å². The summed E-state index contributed by atoms with van der Waals surface area (Å²) >= 11 is 0. The summed E-state index contributed by atoms with van der Waals surface area (Å²) < 4.78 is 0. The zero-order chi connectivity index (χ0) is 13.7. The Kier molecular flexibility index (Phi) is 5.26. The molecule has 1 amide bonds. The smallest absolute Gasteiger partial charge is 0.240 e. The fourth-order valence-corrected chi connectivity index (χ4v) is 3.71. The highest BCUT2D eigenvalue weighted by Crippen LogP contribution is 2.27. The third-order valence-corrected chi connectivity index (χ3v) is 4.95. The van der Waals surface area contributed by atoms with E-state index in [4.69, 9.17) is 0 Å². The predicted molar refractivity (Wildman–Crippen MR) is 79.1 cm³/mol.